The van der Waals surface area contributed by atoms with Gasteiger partial charge in [0.2, 0.25) is 0 Å². The predicted molar refractivity (Wildman–Crippen MR) is 117 cm³/mol. The standard InChI is InChI=1S/C19H14N3O.C6H5O.Cd/c23-19-16(11-14-7-3-1-4-8-14)21-18-12-20-17(13-22(18)19)15-9-5-2-6-10-15;7-6-4-2-1-3-5-6;/h1-10,13,20H,11H2;2-5,7H;. The SMILES string of the molecule is O=c1c(Cc2ccccc2)nc2[c]([Cd][c]3ccc(O)cc3)[nH]c(-c3ccccc3)cn1-2. The zero-order valence-electron chi connectivity index (χ0n) is 16.8. The van der Waals surface area contributed by atoms with E-state index in [-0.39, 0.29) is 11.3 Å². The molecule has 0 saturated heterocycles. The van der Waals surface area contributed by atoms with Gasteiger partial charge in [0.05, 0.1) is 0 Å². The number of aromatic amines is 1. The van der Waals surface area contributed by atoms with Crippen molar-refractivity contribution in [3.8, 4) is 22.8 Å². The van der Waals surface area contributed by atoms with Crippen LogP contribution < -0.4 is 11.9 Å². The van der Waals surface area contributed by atoms with Gasteiger partial charge in [0.25, 0.3) is 0 Å². The van der Waals surface area contributed by atoms with Crippen LogP contribution in [0.25, 0.3) is 17.1 Å². The molecule has 2 heterocycles. The van der Waals surface area contributed by atoms with Crippen molar-refractivity contribution in [1.29, 1.82) is 0 Å². The Balaban J connectivity index is 1.64. The van der Waals surface area contributed by atoms with Crippen molar-refractivity contribution < 1.29 is 29.3 Å². The first-order valence-corrected chi connectivity index (χ1v) is 14.2. The first kappa shape index (κ1) is 19.7. The molecule has 0 amide bonds. The minimum absolute atomic E-state index is 0.0664. The van der Waals surface area contributed by atoms with Crippen LogP contribution in [0.2, 0.25) is 0 Å². The van der Waals surface area contributed by atoms with Crippen molar-refractivity contribution >= 4 is 6.38 Å². The van der Waals surface area contributed by atoms with Gasteiger partial charge in [-0.05, 0) is 0 Å². The van der Waals surface area contributed by atoms with Gasteiger partial charge in [0.1, 0.15) is 0 Å². The summed E-state index contributed by atoms with van der Waals surface area (Å²) < 4.78 is 3.98. The number of phenols is 1. The number of nitrogens with zero attached hydrogens (tertiary/aromatic N) is 2. The first-order chi connectivity index (χ1) is 15.2. The summed E-state index contributed by atoms with van der Waals surface area (Å²) in [5.74, 6) is 0.981. The van der Waals surface area contributed by atoms with Gasteiger partial charge < -0.3 is 0 Å². The fraction of sp³-hybridized carbons (Fsp3) is 0.0400. The summed E-state index contributed by atoms with van der Waals surface area (Å²) in [5, 5.41) is 9.62. The van der Waals surface area contributed by atoms with Crippen molar-refractivity contribution in [2.24, 2.45) is 0 Å². The Morgan fingerprint density at radius 2 is 1.58 bits per heavy atom. The van der Waals surface area contributed by atoms with E-state index in [4.69, 9.17) is 4.98 Å². The van der Waals surface area contributed by atoms with Crippen LogP contribution in [0.15, 0.2) is 95.9 Å². The fourth-order valence-electron chi connectivity index (χ4n) is 3.79. The van der Waals surface area contributed by atoms with E-state index in [0.717, 1.165) is 25.9 Å². The van der Waals surface area contributed by atoms with Crippen molar-refractivity contribution in [3.05, 3.63) is 113 Å². The van der Waals surface area contributed by atoms with Gasteiger partial charge in [-0.25, -0.2) is 0 Å². The van der Waals surface area contributed by atoms with Crippen LogP contribution in [-0.4, -0.2) is 19.6 Å². The summed E-state index contributed by atoms with van der Waals surface area (Å²) in [4.78, 5) is 21.6. The van der Waals surface area contributed by atoms with E-state index in [1.807, 2.05) is 79.0 Å². The molecule has 2 aliphatic rings. The predicted octanol–water partition coefficient (Wildman–Crippen LogP) is 3.00. The Bertz CT molecular complexity index is 1340. The maximum absolute atomic E-state index is 13.2. The van der Waals surface area contributed by atoms with Crippen molar-refractivity contribution in [2.45, 2.75) is 6.42 Å². The third-order valence-electron chi connectivity index (χ3n) is 5.36. The Labute approximate surface area is 191 Å². The molecule has 3 aromatic carbocycles. The average Bonchev–Trinajstić information content (AvgIpc) is 3.12. The summed E-state index contributed by atoms with van der Waals surface area (Å²) in [5.41, 5.74) is 3.49. The van der Waals surface area contributed by atoms with E-state index >= 15 is 0 Å². The van der Waals surface area contributed by atoms with E-state index in [9.17, 15) is 9.90 Å². The molecule has 31 heavy (non-hydrogen) atoms. The maximum atomic E-state index is 13.2. The molecule has 6 heteroatoms. The molecule has 0 aromatic heterocycles. The van der Waals surface area contributed by atoms with Crippen molar-refractivity contribution in [1.82, 2.24) is 14.5 Å². The fourth-order valence-corrected chi connectivity index (χ4v) is 8.26. The van der Waals surface area contributed by atoms with Crippen LogP contribution in [0.5, 0.6) is 5.75 Å². The second kappa shape index (κ2) is 8.51. The van der Waals surface area contributed by atoms with Gasteiger partial charge in [-0.2, -0.15) is 0 Å². The second-order valence-corrected chi connectivity index (χ2v) is 12.9. The average molecular weight is 506 g/mol. The molecule has 5 rings (SSSR count). The number of nitrogens with one attached hydrogen (secondary N) is 1. The molecule has 2 N–H and O–H groups in total. The molecule has 0 unspecified atom stereocenters. The van der Waals surface area contributed by atoms with Crippen LogP contribution in [0.3, 0.4) is 0 Å². The normalized spacial score (nSPS) is 10.8. The number of H-pyrrole nitrogens is 1. The van der Waals surface area contributed by atoms with E-state index in [2.05, 4.69) is 4.98 Å². The number of aromatic nitrogens is 3. The Kier molecular flexibility index (Phi) is 5.42. The van der Waals surface area contributed by atoms with Crippen LogP contribution in [0, 0.1) is 0 Å². The van der Waals surface area contributed by atoms with Crippen molar-refractivity contribution in [2.75, 3.05) is 0 Å². The molecule has 0 saturated carbocycles. The van der Waals surface area contributed by atoms with Crippen LogP contribution in [0.4, 0.5) is 0 Å². The molecule has 148 valence electrons. The van der Waals surface area contributed by atoms with E-state index < -0.39 is 24.2 Å². The number of benzene rings is 3. The molecule has 0 fully saturated rings. The number of phenolic OH excluding ortho intramolecular Hbond substituents is 1. The van der Waals surface area contributed by atoms with E-state index in [1.54, 1.807) is 16.7 Å². The van der Waals surface area contributed by atoms with Gasteiger partial charge in [0, 0.05) is 0 Å². The Morgan fingerprint density at radius 3 is 2.29 bits per heavy atom. The van der Waals surface area contributed by atoms with E-state index in [1.165, 1.54) is 3.12 Å². The third-order valence-corrected chi connectivity index (χ3v) is 10.3. The first-order valence-electron chi connectivity index (χ1n) is 10.2. The molecular formula is C25H19CdN3O2. The zero-order chi connectivity index (χ0) is 21.2. The number of hydrogen-bond acceptors (Lipinski definition) is 3. The molecule has 5 nitrogen and oxygen atoms in total. The molecule has 0 spiro atoms. The molecule has 0 bridgehead atoms. The summed E-state index contributed by atoms with van der Waals surface area (Å²) in [6.07, 6.45) is 2.37. The summed E-state index contributed by atoms with van der Waals surface area (Å²) >= 11 is -1.74. The summed E-state index contributed by atoms with van der Waals surface area (Å²) in [6.45, 7) is 0. The van der Waals surface area contributed by atoms with Gasteiger partial charge in [0.15, 0.2) is 0 Å². The quantitative estimate of drug-likeness (QED) is 0.361. The number of aromatic hydroxyl groups is 1. The molecule has 0 atom stereocenters. The molecule has 2 aliphatic heterocycles. The van der Waals surface area contributed by atoms with Gasteiger partial charge in [-0.3, -0.25) is 0 Å². The topological polar surface area (TPSA) is 70.9 Å². The number of imidazole rings is 1. The van der Waals surface area contributed by atoms with Gasteiger partial charge in [-0.1, -0.05) is 0 Å². The minimum atomic E-state index is -1.74. The third kappa shape index (κ3) is 4.18. The molecular weight excluding hydrogens is 487 g/mol. The zero-order valence-corrected chi connectivity index (χ0v) is 20.9. The summed E-state index contributed by atoms with van der Waals surface area (Å²) in [6, 6.07) is 27.3. The number of hydrogen-bond donors (Lipinski definition) is 2. The second-order valence-electron chi connectivity index (χ2n) is 7.58. The van der Waals surface area contributed by atoms with Crippen molar-refractivity contribution in [3.63, 3.8) is 0 Å². The van der Waals surface area contributed by atoms with Crippen LogP contribution in [-0.2, 0) is 30.7 Å². The van der Waals surface area contributed by atoms with Crippen LogP contribution in [0.1, 0.15) is 11.3 Å². The Morgan fingerprint density at radius 1 is 0.903 bits per heavy atom. The number of fused-ring (bicyclic) bond motifs is 1. The van der Waals surface area contributed by atoms with E-state index in [0.29, 0.717) is 12.1 Å². The number of rotatable bonds is 5. The molecule has 0 aliphatic carbocycles. The molecule has 3 aromatic rings. The molecule has 0 radical (unpaired) electrons. The Hall–Kier alpha value is -3.20. The van der Waals surface area contributed by atoms with Gasteiger partial charge >= 0.3 is 192 Å². The summed E-state index contributed by atoms with van der Waals surface area (Å²) in [7, 11) is 0. The van der Waals surface area contributed by atoms with Crippen LogP contribution >= 0.6 is 0 Å². The van der Waals surface area contributed by atoms with Gasteiger partial charge in [-0.15, -0.1) is 0 Å². The monoisotopic (exact) mass is 507 g/mol.